The first-order chi connectivity index (χ1) is 20.0. The maximum absolute atomic E-state index is 13.4. The van der Waals surface area contributed by atoms with E-state index in [1.54, 1.807) is 19.1 Å². The summed E-state index contributed by atoms with van der Waals surface area (Å²) in [5.74, 6) is -4.17. The van der Waals surface area contributed by atoms with E-state index in [0.717, 1.165) is 10.5 Å². The molecule has 3 saturated heterocycles. The molecule has 0 aromatic heterocycles. The average Bonchev–Trinajstić information content (AvgIpc) is 3.51. The number of amides is 4. The number of aryl methyl sites for hydroxylation is 1. The molecule has 0 aliphatic carbocycles. The normalized spacial score (nSPS) is 27.7. The quantitative estimate of drug-likeness (QED) is 0.144. The van der Waals surface area contributed by atoms with Crippen molar-refractivity contribution in [3.05, 3.63) is 47.3 Å². The third-order valence-electron chi connectivity index (χ3n) is 8.15. The van der Waals surface area contributed by atoms with Gasteiger partial charge in [-0.15, -0.1) is 0 Å². The van der Waals surface area contributed by atoms with Gasteiger partial charge in [0.05, 0.1) is 24.4 Å². The zero-order valence-corrected chi connectivity index (χ0v) is 25.4. The Kier molecular flexibility index (Phi) is 7.97. The van der Waals surface area contributed by atoms with Crippen molar-refractivity contribution in [3.63, 3.8) is 0 Å². The topological polar surface area (TPSA) is 185 Å². The maximum Gasteiger partial charge on any atom is 0.414 e. The minimum Gasteiger partial charge on any atom is -0.445 e. The third kappa shape index (κ3) is 5.46. The number of carbonyl (C=O) groups is 4. The standard InChI is InChI=1S/C26H30Cl3N7O7/c1-12-5-4-6-15(13(12)2)21(39)32-17-10-36-22(33-23(40)43-11-24(27,28)29)31-16(9-35-18(37)7-8-19(35)38)20-25(36,26(17,41)42)34-14(3)30-20/h4-6,16-17,20,30,34,41-42H,3,7-11H2,1-2H3,(H,32,39)(H,31,33,40)/t16-,17-,20-,25-/m0/s1. The van der Waals surface area contributed by atoms with Gasteiger partial charge >= 0.3 is 6.09 Å². The van der Waals surface area contributed by atoms with Crippen LogP contribution in [0, 0.1) is 13.8 Å². The van der Waals surface area contributed by atoms with E-state index in [1.165, 1.54) is 4.90 Å². The number of aliphatic hydroxyl groups is 2. The highest BCUT2D eigenvalue weighted by Gasteiger charge is 2.74. The number of hydrogen-bond acceptors (Lipinski definition) is 11. The Labute approximate surface area is 261 Å². The smallest absolute Gasteiger partial charge is 0.414 e. The van der Waals surface area contributed by atoms with Gasteiger partial charge in [0.2, 0.25) is 27.4 Å². The summed E-state index contributed by atoms with van der Waals surface area (Å²) < 4.78 is 3.09. The second-order valence-corrected chi connectivity index (χ2v) is 13.4. The van der Waals surface area contributed by atoms with Gasteiger partial charge in [0.1, 0.15) is 12.6 Å². The van der Waals surface area contributed by atoms with E-state index in [-0.39, 0.29) is 37.7 Å². The van der Waals surface area contributed by atoms with Crippen LogP contribution in [0.5, 0.6) is 0 Å². The second kappa shape index (κ2) is 11.0. The first kappa shape index (κ1) is 31.1. The van der Waals surface area contributed by atoms with Crippen LogP contribution in [0.1, 0.15) is 34.3 Å². The second-order valence-electron chi connectivity index (χ2n) is 10.8. The fourth-order valence-corrected chi connectivity index (χ4v) is 6.12. The highest BCUT2D eigenvalue weighted by Crippen LogP contribution is 2.45. The third-order valence-corrected chi connectivity index (χ3v) is 8.47. The number of alkyl halides is 3. The van der Waals surface area contributed by atoms with Gasteiger partial charge in [0.15, 0.2) is 5.66 Å². The van der Waals surface area contributed by atoms with Crippen LogP contribution in [-0.4, -0.2) is 103 Å². The van der Waals surface area contributed by atoms with Crippen molar-refractivity contribution in [2.75, 3.05) is 19.7 Å². The molecule has 232 valence electrons. The Morgan fingerprint density at radius 2 is 1.88 bits per heavy atom. The number of guanidine groups is 1. The summed E-state index contributed by atoms with van der Waals surface area (Å²) in [4.78, 5) is 58.1. The lowest BCUT2D eigenvalue weighted by Gasteiger charge is -2.49. The van der Waals surface area contributed by atoms with Crippen LogP contribution in [0.15, 0.2) is 35.6 Å². The first-order valence-corrected chi connectivity index (χ1v) is 14.4. The molecule has 1 spiro atoms. The number of nitrogens with zero attached hydrogens (tertiary/aromatic N) is 3. The Morgan fingerprint density at radius 3 is 2.53 bits per heavy atom. The fourth-order valence-electron chi connectivity index (χ4n) is 5.95. The molecule has 4 aliphatic rings. The minimum atomic E-state index is -2.74. The van der Waals surface area contributed by atoms with Crippen LogP contribution in [-0.2, 0) is 14.3 Å². The summed E-state index contributed by atoms with van der Waals surface area (Å²) in [5, 5.41) is 34.8. The van der Waals surface area contributed by atoms with Crippen LogP contribution >= 0.6 is 34.8 Å². The van der Waals surface area contributed by atoms with E-state index in [9.17, 15) is 29.4 Å². The predicted octanol–water partition coefficient (Wildman–Crippen LogP) is 0.111. The van der Waals surface area contributed by atoms with Gasteiger partial charge < -0.3 is 35.8 Å². The van der Waals surface area contributed by atoms with Crippen molar-refractivity contribution in [2.24, 2.45) is 4.99 Å². The number of benzene rings is 1. The van der Waals surface area contributed by atoms with Gasteiger partial charge in [-0.05, 0) is 31.0 Å². The van der Waals surface area contributed by atoms with Crippen molar-refractivity contribution in [2.45, 2.75) is 60.1 Å². The number of aliphatic imine (C=N–C) groups is 1. The molecule has 0 saturated carbocycles. The number of likely N-dealkylation sites (tertiary alicyclic amines) is 1. The SMILES string of the molecule is C=C1N[C@H]2[C@H](CN3C(=O)CCC3=O)N=C(NC(=O)OCC(Cl)(Cl)Cl)N3C[C@H](NC(=O)c4cccc(C)c4C)C(O)(O)[C@]23N1. The number of alkyl carbamates (subject to hydrolysis) is 1. The Bertz CT molecular complexity index is 1420. The number of imide groups is 1. The van der Waals surface area contributed by atoms with E-state index in [0.29, 0.717) is 11.1 Å². The zero-order chi connectivity index (χ0) is 31.5. The molecular formula is C26H30Cl3N7O7. The van der Waals surface area contributed by atoms with Crippen molar-refractivity contribution in [1.82, 2.24) is 31.1 Å². The molecule has 1 aromatic carbocycles. The monoisotopic (exact) mass is 657 g/mol. The van der Waals surface area contributed by atoms with Crippen LogP contribution in [0.4, 0.5) is 4.79 Å². The zero-order valence-electron chi connectivity index (χ0n) is 23.1. The van der Waals surface area contributed by atoms with Crippen LogP contribution in [0.3, 0.4) is 0 Å². The van der Waals surface area contributed by atoms with E-state index in [4.69, 9.17) is 39.5 Å². The lowest BCUT2D eigenvalue weighted by Crippen LogP contribution is -2.78. The van der Waals surface area contributed by atoms with Gasteiger partial charge in [0.25, 0.3) is 5.91 Å². The van der Waals surface area contributed by atoms with Gasteiger partial charge in [-0.3, -0.25) is 24.6 Å². The summed E-state index contributed by atoms with van der Waals surface area (Å²) in [5.41, 5.74) is 0.0127. The molecule has 4 aliphatic heterocycles. The van der Waals surface area contributed by atoms with Gasteiger partial charge in [-0.1, -0.05) is 53.5 Å². The molecule has 0 radical (unpaired) electrons. The fraction of sp³-hybridized carbons (Fsp3) is 0.500. The Morgan fingerprint density at radius 1 is 1.21 bits per heavy atom. The molecule has 6 N–H and O–H groups in total. The number of halogens is 3. The van der Waals surface area contributed by atoms with Crippen molar-refractivity contribution in [3.8, 4) is 0 Å². The van der Waals surface area contributed by atoms with Crippen molar-refractivity contribution < 1.29 is 34.1 Å². The number of rotatable bonds is 5. The summed E-state index contributed by atoms with van der Waals surface area (Å²) in [6.45, 7) is 6.38. The van der Waals surface area contributed by atoms with E-state index in [2.05, 4.69) is 32.8 Å². The van der Waals surface area contributed by atoms with Crippen molar-refractivity contribution in [1.29, 1.82) is 0 Å². The predicted molar refractivity (Wildman–Crippen MR) is 155 cm³/mol. The number of carbonyl (C=O) groups excluding carboxylic acids is 4. The van der Waals surface area contributed by atoms with E-state index in [1.807, 2.05) is 13.0 Å². The Balaban J connectivity index is 1.52. The Hall–Kier alpha value is -3.30. The summed E-state index contributed by atoms with van der Waals surface area (Å²) >= 11 is 17.1. The average molecular weight is 659 g/mol. The highest BCUT2D eigenvalue weighted by molar-refractivity contribution is 6.67. The van der Waals surface area contributed by atoms with Crippen LogP contribution in [0.2, 0.25) is 0 Å². The molecular weight excluding hydrogens is 629 g/mol. The largest absolute Gasteiger partial charge is 0.445 e. The molecule has 4 amide bonds. The summed E-state index contributed by atoms with van der Waals surface area (Å²) in [6.07, 6.45) is -1.03. The molecule has 43 heavy (non-hydrogen) atoms. The molecule has 17 heteroatoms. The maximum atomic E-state index is 13.4. The van der Waals surface area contributed by atoms with Gasteiger partial charge in [-0.2, -0.15) is 0 Å². The summed E-state index contributed by atoms with van der Waals surface area (Å²) in [7, 11) is 0. The highest BCUT2D eigenvalue weighted by atomic mass is 35.6. The van der Waals surface area contributed by atoms with Crippen LogP contribution in [0.25, 0.3) is 0 Å². The molecule has 1 aromatic rings. The molecule has 5 rings (SSSR count). The molecule has 3 fully saturated rings. The van der Waals surface area contributed by atoms with Crippen molar-refractivity contribution >= 4 is 64.6 Å². The number of hydrogen-bond donors (Lipinski definition) is 6. The molecule has 14 nitrogen and oxygen atoms in total. The van der Waals surface area contributed by atoms with E-state index >= 15 is 0 Å². The van der Waals surface area contributed by atoms with E-state index < -0.39 is 63.8 Å². The molecule has 4 atom stereocenters. The van der Waals surface area contributed by atoms with Gasteiger partial charge in [-0.25, -0.2) is 9.79 Å². The first-order valence-electron chi connectivity index (χ1n) is 13.3. The van der Waals surface area contributed by atoms with Crippen LogP contribution < -0.4 is 21.3 Å². The molecule has 0 unspecified atom stereocenters. The molecule has 0 bridgehead atoms. The summed E-state index contributed by atoms with van der Waals surface area (Å²) in [6, 6.07) is 1.79. The molecule has 4 heterocycles. The number of ether oxygens (including phenoxy) is 1. The minimum absolute atomic E-state index is 0.0282. The lowest BCUT2D eigenvalue weighted by atomic mass is 9.85. The lowest BCUT2D eigenvalue weighted by molar-refractivity contribution is -0.231. The van der Waals surface area contributed by atoms with Gasteiger partial charge in [0, 0.05) is 24.9 Å². The number of nitrogens with one attached hydrogen (secondary N) is 4.